The molecule has 0 amide bonds. The molecule has 0 aromatic rings. The SMILES string of the molecule is CCCCCCCCCCCCCCCC(=O)OC[C@H](COP(=O)(O)OCCCC[O-])OC(=O)CCCCCCCCCCCCCCC.[Na+]. The molecule has 0 fully saturated rings. The largest absolute Gasteiger partial charge is 1.00 e. The Balaban J connectivity index is 0. The van der Waals surface area contributed by atoms with Gasteiger partial charge in [-0.05, 0) is 19.3 Å². The summed E-state index contributed by atoms with van der Waals surface area (Å²) in [7, 11) is -4.41. The van der Waals surface area contributed by atoms with Crippen molar-refractivity contribution in [3.63, 3.8) is 0 Å². The number of ether oxygens (including phenoxy) is 2. The third kappa shape index (κ3) is 39.2. The van der Waals surface area contributed by atoms with E-state index in [2.05, 4.69) is 13.8 Å². The average Bonchev–Trinajstić information content (AvgIpc) is 3.08. The van der Waals surface area contributed by atoms with Crippen LogP contribution in [0, 0.1) is 0 Å². The minimum absolute atomic E-state index is 0. The van der Waals surface area contributed by atoms with E-state index in [0.717, 1.165) is 38.5 Å². The number of unbranched alkanes of at least 4 members (excludes halogenated alkanes) is 25. The molecule has 0 bridgehead atoms. The van der Waals surface area contributed by atoms with Crippen LogP contribution in [-0.4, -0.2) is 49.4 Å². The molecule has 0 saturated heterocycles. The van der Waals surface area contributed by atoms with Crippen molar-refractivity contribution in [2.75, 3.05) is 26.4 Å². The monoisotopic (exact) mass is 743 g/mol. The molecule has 0 aliphatic carbocycles. The van der Waals surface area contributed by atoms with Crippen molar-refractivity contribution >= 4 is 19.8 Å². The van der Waals surface area contributed by atoms with Gasteiger partial charge in [0, 0.05) is 12.8 Å². The van der Waals surface area contributed by atoms with Gasteiger partial charge in [0.2, 0.25) is 0 Å². The van der Waals surface area contributed by atoms with Crippen LogP contribution in [0.25, 0.3) is 0 Å². The van der Waals surface area contributed by atoms with E-state index in [1.807, 2.05) is 0 Å². The van der Waals surface area contributed by atoms with Crippen molar-refractivity contribution < 1.29 is 72.2 Å². The average molecular weight is 743 g/mol. The van der Waals surface area contributed by atoms with Crippen LogP contribution >= 0.6 is 7.82 Å². The molecule has 0 spiro atoms. The molecule has 9 nitrogen and oxygen atoms in total. The molecule has 0 rings (SSSR count). The van der Waals surface area contributed by atoms with E-state index in [1.54, 1.807) is 0 Å². The maximum absolute atomic E-state index is 12.6. The summed E-state index contributed by atoms with van der Waals surface area (Å²) in [5.41, 5.74) is 0. The van der Waals surface area contributed by atoms with E-state index in [-0.39, 0.29) is 68.2 Å². The molecule has 1 N–H and O–H groups in total. The maximum Gasteiger partial charge on any atom is 1.00 e. The number of carbonyl (C=O) groups is 2. The maximum atomic E-state index is 12.6. The molecular weight excluding hydrogens is 666 g/mol. The van der Waals surface area contributed by atoms with Crippen molar-refractivity contribution in [2.45, 2.75) is 213 Å². The van der Waals surface area contributed by atoms with Gasteiger partial charge in [-0.2, -0.15) is 0 Å². The third-order valence-corrected chi connectivity index (χ3v) is 9.90. The van der Waals surface area contributed by atoms with E-state index in [1.165, 1.54) is 122 Å². The Morgan fingerprint density at radius 3 is 1.32 bits per heavy atom. The van der Waals surface area contributed by atoms with E-state index >= 15 is 0 Å². The fraction of sp³-hybridized carbons (Fsp3) is 0.949. The van der Waals surface area contributed by atoms with Crippen LogP contribution < -0.4 is 34.7 Å². The second kappa shape index (κ2) is 40.2. The van der Waals surface area contributed by atoms with Crippen molar-refractivity contribution in [1.29, 1.82) is 0 Å². The van der Waals surface area contributed by atoms with Gasteiger partial charge in [0.05, 0.1) is 13.2 Å². The summed E-state index contributed by atoms with van der Waals surface area (Å²) in [4.78, 5) is 34.9. The summed E-state index contributed by atoms with van der Waals surface area (Å²) in [5, 5.41) is 10.6. The number of hydrogen-bond acceptors (Lipinski definition) is 8. The summed E-state index contributed by atoms with van der Waals surface area (Å²) in [6.45, 7) is 3.42. The summed E-state index contributed by atoms with van der Waals surface area (Å²) in [6, 6.07) is 0. The number of rotatable bonds is 39. The summed E-state index contributed by atoms with van der Waals surface area (Å²) >= 11 is 0. The predicted octanol–water partition coefficient (Wildman–Crippen LogP) is 7.68. The molecule has 0 radical (unpaired) electrons. The van der Waals surface area contributed by atoms with Crippen molar-refractivity contribution in [3.05, 3.63) is 0 Å². The van der Waals surface area contributed by atoms with Crippen LogP contribution in [0.15, 0.2) is 0 Å². The molecule has 0 aliphatic heterocycles. The number of phosphoric acid groups is 1. The van der Waals surface area contributed by atoms with Gasteiger partial charge in [-0.1, -0.05) is 174 Å². The first-order valence-electron chi connectivity index (χ1n) is 20.4. The standard InChI is InChI=1S/C39H76O9P.Na/c1-3-5-7-9-11-13-15-17-19-21-23-25-27-31-38(41)45-35-37(36-47-49(43,44)46-34-30-29-33-40)48-39(42)32-28-26-24-22-20-18-16-14-12-10-8-6-4-2;/h37H,3-36H2,1-2H3,(H,43,44);/q-1;+1/t37-;/m1./s1. The van der Waals surface area contributed by atoms with Crippen molar-refractivity contribution in [2.24, 2.45) is 0 Å². The van der Waals surface area contributed by atoms with Gasteiger partial charge in [-0.15, -0.1) is 6.61 Å². The molecule has 2 atom stereocenters. The fourth-order valence-electron chi connectivity index (χ4n) is 5.79. The van der Waals surface area contributed by atoms with Crippen LogP contribution in [0.1, 0.15) is 206 Å². The van der Waals surface area contributed by atoms with E-state index in [0.29, 0.717) is 19.3 Å². The van der Waals surface area contributed by atoms with E-state index in [4.69, 9.17) is 18.5 Å². The summed E-state index contributed by atoms with van der Waals surface area (Å²) in [5.74, 6) is -0.838. The molecule has 0 saturated carbocycles. The summed E-state index contributed by atoms with van der Waals surface area (Å²) < 4.78 is 33.1. The smallest absolute Gasteiger partial charge is 0.854 e. The van der Waals surface area contributed by atoms with Crippen LogP contribution in [0.2, 0.25) is 0 Å². The molecule has 11 heteroatoms. The van der Waals surface area contributed by atoms with Gasteiger partial charge in [0.15, 0.2) is 6.10 Å². The number of carbonyl (C=O) groups excluding carboxylic acids is 2. The first-order valence-corrected chi connectivity index (χ1v) is 21.9. The predicted molar refractivity (Wildman–Crippen MR) is 197 cm³/mol. The first-order chi connectivity index (χ1) is 23.8. The Labute approximate surface area is 329 Å². The van der Waals surface area contributed by atoms with Gasteiger partial charge in [0.25, 0.3) is 0 Å². The van der Waals surface area contributed by atoms with Crippen LogP contribution in [0.4, 0.5) is 0 Å². The zero-order chi connectivity index (χ0) is 36.1. The van der Waals surface area contributed by atoms with Crippen LogP contribution in [0.5, 0.6) is 0 Å². The molecule has 50 heavy (non-hydrogen) atoms. The molecule has 0 aromatic heterocycles. The van der Waals surface area contributed by atoms with Gasteiger partial charge >= 0.3 is 49.3 Å². The van der Waals surface area contributed by atoms with Crippen molar-refractivity contribution in [1.82, 2.24) is 0 Å². The number of phosphoric ester groups is 1. The van der Waals surface area contributed by atoms with Gasteiger partial charge < -0.3 is 19.5 Å². The minimum Gasteiger partial charge on any atom is -0.854 e. The molecule has 0 aliphatic rings. The topological polar surface area (TPSA) is 131 Å². The fourth-order valence-corrected chi connectivity index (χ4v) is 6.58. The van der Waals surface area contributed by atoms with Gasteiger partial charge in [0.1, 0.15) is 6.61 Å². The molecule has 0 heterocycles. The van der Waals surface area contributed by atoms with Crippen LogP contribution in [0.3, 0.4) is 0 Å². The normalized spacial score (nSPS) is 13.0. The quantitative estimate of drug-likeness (QED) is 0.0292. The van der Waals surface area contributed by atoms with Gasteiger partial charge in [-0.25, -0.2) is 4.57 Å². The Morgan fingerprint density at radius 1 is 0.540 bits per heavy atom. The molecular formula is C39H76NaO9P. The molecule has 0 aromatic carbocycles. The van der Waals surface area contributed by atoms with Crippen molar-refractivity contribution in [3.8, 4) is 0 Å². The Kier molecular flexibility index (Phi) is 41.9. The third-order valence-electron chi connectivity index (χ3n) is 8.91. The second-order valence-electron chi connectivity index (χ2n) is 13.8. The number of hydrogen-bond donors (Lipinski definition) is 1. The Bertz CT molecular complexity index is 787. The Morgan fingerprint density at radius 2 is 0.920 bits per heavy atom. The first kappa shape index (κ1) is 52.1. The molecule has 1 unspecified atom stereocenters. The second-order valence-corrected chi connectivity index (χ2v) is 15.2. The van der Waals surface area contributed by atoms with E-state index in [9.17, 15) is 24.2 Å². The Hall–Kier alpha value is 0.0100. The minimum atomic E-state index is -4.41. The van der Waals surface area contributed by atoms with Gasteiger partial charge in [-0.3, -0.25) is 18.6 Å². The molecule has 292 valence electrons. The zero-order valence-electron chi connectivity index (χ0n) is 32.8. The zero-order valence-corrected chi connectivity index (χ0v) is 35.7. The summed E-state index contributed by atoms with van der Waals surface area (Å²) in [6.07, 6.45) is 31.7. The number of esters is 2. The van der Waals surface area contributed by atoms with Crippen LogP contribution in [-0.2, 0) is 32.7 Å². The van der Waals surface area contributed by atoms with E-state index < -0.39 is 26.5 Å².